The zero-order chi connectivity index (χ0) is 16.4. The van der Waals surface area contributed by atoms with E-state index in [0.29, 0.717) is 11.3 Å². The van der Waals surface area contributed by atoms with Gasteiger partial charge in [0.2, 0.25) is 0 Å². The van der Waals surface area contributed by atoms with Crippen molar-refractivity contribution in [1.29, 1.82) is 0 Å². The summed E-state index contributed by atoms with van der Waals surface area (Å²) in [5.74, 6) is -1.42. The average Bonchev–Trinajstić information content (AvgIpc) is 2.70. The smallest absolute Gasteiger partial charge is 0.405 e. The van der Waals surface area contributed by atoms with E-state index in [1.165, 1.54) is 19.0 Å². The first-order valence-corrected chi connectivity index (χ1v) is 6.43. The third-order valence-electron chi connectivity index (χ3n) is 2.38. The van der Waals surface area contributed by atoms with E-state index < -0.39 is 24.6 Å². The van der Waals surface area contributed by atoms with Crippen LogP contribution in [0.2, 0.25) is 0 Å². The van der Waals surface area contributed by atoms with Crippen molar-refractivity contribution >= 4 is 33.9 Å². The fourth-order valence-corrected chi connectivity index (χ4v) is 2.54. The molecule has 118 valence electrons. The minimum atomic E-state index is -4.47. The molecule has 0 fully saturated rings. The fraction of sp³-hybridized carbons (Fsp3) is 0.455. The number of nitrogens with one attached hydrogen (secondary N) is 1. The summed E-state index contributed by atoms with van der Waals surface area (Å²) in [7, 11) is 3.99. The predicted octanol–water partition coefficient (Wildman–Crippen LogP) is 1.79. The van der Waals surface area contributed by atoms with E-state index in [9.17, 15) is 22.8 Å². The van der Waals surface area contributed by atoms with Gasteiger partial charge in [-0.1, -0.05) is 0 Å². The molecule has 0 aliphatic heterocycles. The van der Waals surface area contributed by atoms with E-state index >= 15 is 0 Å². The molecule has 6 nitrogen and oxygen atoms in total. The molecule has 0 spiro atoms. The molecule has 0 bridgehead atoms. The van der Waals surface area contributed by atoms with Gasteiger partial charge in [-0.05, 0) is 0 Å². The molecule has 0 aliphatic rings. The topological polar surface area (TPSA) is 84.7 Å². The van der Waals surface area contributed by atoms with E-state index in [1.54, 1.807) is 0 Å². The van der Waals surface area contributed by atoms with Crippen LogP contribution in [0.4, 0.5) is 23.9 Å². The lowest BCUT2D eigenvalue weighted by Crippen LogP contribution is -2.22. The van der Waals surface area contributed by atoms with Crippen molar-refractivity contribution in [2.75, 3.05) is 38.8 Å². The van der Waals surface area contributed by atoms with Crippen molar-refractivity contribution in [2.24, 2.45) is 0 Å². The van der Waals surface area contributed by atoms with Gasteiger partial charge in [0.1, 0.15) is 22.0 Å². The summed E-state index contributed by atoms with van der Waals surface area (Å²) in [4.78, 5) is 24.7. The van der Waals surface area contributed by atoms with E-state index in [0.717, 1.165) is 7.11 Å². The summed E-state index contributed by atoms with van der Waals surface area (Å²) in [6, 6.07) is 0. The van der Waals surface area contributed by atoms with Crippen LogP contribution in [0.1, 0.15) is 20.0 Å². The second-order valence-corrected chi connectivity index (χ2v) is 5.23. The number of halogens is 3. The highest BCUT2D eigenvalue weighted by Gasteiger charge is 2.31. The van der Waals surface area contributed by atoms with Crippen LogP contribution in [0.3, 0.4) is 0 Å². The van der Waals surface area contributed by atoms with Gasteiger partial charge in [0.25, 0.3) is 5.91 Å². The molecule has 10 heteroatoms. The number of ether oxygens (including phenoxy) is 1. The van der Waals surface area contributed by atoms with E-state index in [2.05, 4.69) is 10.1 Å². The first-order chi connectivity index (χ1) is 9.58. The van der Waals surface area contributed by atoms with Crippen LogP contribution in [0, 0.1) is 0 Å². The molecule has 0 aliphatic carbocycles. The largest absolute Gasteiger partial charge is 0.465 e. The summed E-state index contributed by atoms with van der Waals surface area (Å²) in [6.07, 6.45) is -4.47. The van der Waals surface area contributed by atoms with Crippen molar-refractivity contribution in [1.82, 2.24) is 4.90 Å². The van der Waals surface area contributed by atoms with Crippen LogP contribution < -0.4 is 11.1 Å². The number of amides is 1. The van der Waals surface area contributed by atoms with Gasteiger partial charge in [-0.15, -0.1) is 11.3 Å². The quantitative estimate of drug-likeness (QED) is 0.825. The third-order valence-corrected chi connectivity index (χ3v) is 3.54. The number of anilines is 2. The Morgan fingerprint density at radius 3 is 2.38 bits per heavy atom. The zero-order valence-corrected chi connectivity index (χ0v) is 12.3. The Hall–Kier alpha value is -1.97. The van der Waals surface area contributed by atoms with Gasteiger partial charge < -0.3 is 20.7 Å². The van der Waals surface area contributed by atoms with Gasteiger partial charge in [0.05, 0.1) is 12.8 Å². The van der Waals surface area contributed by atoms with Crippen molar-refractivity contribution < 1.29 is 27.5 Å². The molecule has 0 aromatic carbocycles. The van der Waals surface area contributed by atoms with Gasteiger partial charge >= 0.3 is 12.1 Å². The molecule has 1 aromatic heterocycles. The maximum atomic E-state index is 12.3. The highest BCUT2D eigenvalue weighted by atomic mass is 32.1. The lowest BCUT2D eigenvalue weighted by molar-refractivity contribution is -0.115. The van der Waals surface area contributed by atoms with Gasteiger partial charge in [0, 0.05) is 14.1 Å². The van der Waals surface area contributed by atoms with Crippen LogP contribution in [0.25, 0.3) is 0 Å². The van der Waals surface area contributed by atoms with Crippen LogP contribution in [-0.4, -0.2) is 50.7 Å². The van der Waals surface area contributed by atoms with Crippen LogP contribution in [0.15, 0.2) is 0 Å². The Morgan fingerprint density at radius 2 is 1.95 bits per heavy atom. The molecule has 1 aromatic rings. The highest BCUT2D eigenvalue weighted by Crippen LogP contribution is 2.37. The molecular weight excluding hydrogens is 311 g/mol. The SMILES string of the molecule is COC(=O)c1c(NCC(F)(F)F)sc(C(=O)N(C)C)c1N. The number of nitrogen functional groups attached to an aromatic ring is 1. The summed E-state index contributed by atoms with van der Waals surface area (Å²) < 4.78 is 41.3. The summed E-state index contributed by atoms with van der Waals surface area (Å²) in [5.41, 5.74) is 5.23. The first kappa shape index (κ1) is 17.1. The Bertz CT molecular complexity index is 555. The highest BCUT2D eigenvalue weighted by molar-refractivity contribution is 7.19. The van der Waals surface area contributed by atoms with Crippen molar-refractivity contribution in [2.45, 2.75) is 6.18 Å². The number of alkyl halides is 3. The number of hydrogen-bond donors (Lipinski definition) is 2. The standard InChI is InChI=1S/C11H14F3N3O3S/c1-17(2)9(18)7-6(15)5(10(19)20-3)8(21-7)16-4-11(12,13)14/h16H,4,15H2,1-3H3. The summed E-state index contributed by atoms with van der Waals surface area (Å²) in [6.45, 7) is -1.35. The molecule has 21 heavy (non-hydrogen) atoms. The minimum Gasteiger partial charge on any atom is -0.465 e. The molecule has 0 atom stereocenters. The average molecular weight is 325 g/mol. The van der Waals surface area contributed by atoms with Crippen LogP contribution in [-0.2, 0) is 4.74 Å². The lowest BCUT2D eigenvalue weighted by Gasteiger charge is -2.09. The minimum absolute atomic E-state index is 0.0231. The normalized spacial score (nSPS) is 11.1. The number of methoxy groups -OCH3 is 1. The number of rotatable bonds is 4. The second kappa shape index (κ2) is 6.20. The third kappa shape index (κ3) is 4.00. The molecular formula is C11H14F3N3O3S. The van der Waals surface area contributed by atoms with Gasteiger partial charge in [-0.2, -0.15) is 13.2 Å². The summed E-state index contributed by atoms with van der Waals surface area (Å²) >= 11 is 0.679. The molecule has 0 radical (unpaired) electrons. The van der Waals surface area contributed by atoms with Crippen LogP contribution in [0.5, 0.6) is 0 Å². The second-order valence-electron chi connectivity index (χ2n) is 4.21. The zero-order valence-electron chi connectivity index (χ0n) is 11.5. The number of hydrogen-bond acceptors (Lipinski definition) is 6. The van der Waals surface area contributed by atoms with E-state index in [-0.39, 0.29) is 21.1 Å². The number of carbonyl (C=O) groups is 2. The Labute approximate surface area is 122 Å². The van der Waals surface area contributed by atoms with E-state index in [4.69, 9.17) is 5.73 Å². The molecule has 0 saturated heterocycles. The molecule has 0 unspecified atom stereocenters. The lowest BCUT2D eigenvalue weighted by atomic mass is 10.2. The Morgan fingerprint density at radius 1 is 1.38 bits per heavy atom. The van der Waals surface area contributed by atoms with Gasteiger partial charge in [0.15, 0.2) is 0 Å². The van der Waals surface area contributed by atoms with Gasteiger partial charge in [-0.25, -0.2) is 4.79 Å². The van der Waals surface area contributed by atoms with Crippen molar-refractivity contribution in [3.63, 3.8) is 0 Å². The maximum absolute atomic E-state index is 12.3. The number of thiophene rings is 1. The van der Waals surface area contributed by atoms with Gasteiger partial charge in [-0.3, -0.25) is 4.79 Å². The van der Waals surface area contributed by atoms with Crippen molar-refractivity contribution in [3.8, 4) is 0 Å². The molecule has 1 amide bonds. The first-order valence-electron chi connectivity index (χ1n) is 5.61. The maximum Gasteiger partial charge on any atom is 0.405 e. The summed E-state index contributed by atoms with van der Waals surface area (Å²) in [5, 5.41) is 1.91. The number of nitrogens with two attached hydrogens (primary N) is 1. The number of nitrogens with zero attached hydrogens (tertiary/aromatic N) is 1. The van der Waals surface area contributed by atoms with Crippen molar-refractivity contribution in [3.05, 3.63) is 10.4 Å². The monoisotopic (exact) mass is 325 g/mol. The molecule has 3 N–H and O–H groups in total. The molecule has 1 heterocycles. The predicted molar refractivity (Wildman–Crippen MR) is 72.6 cm³/mol. The fourth-order valence-electron chi connectivity index (χ4n) is 1.42. The Balaban J connectivity index is 3.25. The molecule has 0 saturated carbocycles. The van der Waals surface area contributed by atoms with E-state index in [1.807, 2.05) is 0 Å². The number of esters is 1. The molecule has 1 rings (SSSR count). The van der Waals surface area contributed by atoms with Crippen LogP contribution >= 0.6 is 11.3 Å². The Kier molecular flexibility index (Phi) is 5.05. The number of carbonyl (C=O) groups excluding carboxylic acids is 2.